The lowest BCUT2D eigenvalue weighted by Gasteiger charge is -2.07. The Bertz CT molecular complexity index is 879. The molecule has 0 unspecified atom stereocenters. The van der Waals surface area contributed by atoms with E-state index in [-0.39, 0.29) is 17.0 Å². The van der Waals surface area contributed by atoms with E-state index in [0.717, 1.165) is 6.07 Å². The highest BCUT2D eigenvalue weighted by Crippen LogP contribution is 2.12. The van der Waals surface area contributed by atoms with Crippen molar-refractivity contribution in [1.82, 2.24) is 9.71 Å². The fourth-order valence-corrected chi connectivity index (χ4v) is 2.79. The molecule has 0 atom stereocenters. The van der Waals surface area contributed by atoms with Crippen molar-refractivity contribution in [2.45, 2.75) is 4.90 Å². The topological polar surface area (TPSA) is 105 Å². The van der Waals surface area contributed by atoms with E-state index in [9.17, 15) is 18.0 Å². The Balaban J connectivity index is 2.07. The van der Waals surface area contributed by atoms with E-state index in [4.69, 9.17) is 11.2 Å². The van der Waals surface area contributed by atoms with Gasteiger partial charge in [0.15, 0.2) is 6.61 Å². The first kappa shape index (κ1) is 17.5. The second-order valence-electron chi connectivity index (χ2n) is 4.64. The van der Waals surface area contributed by atoms with Crippen molar-refractivity contribution in [3.8, 4) is 12.3 Å². The fraction of sp³-hybridized carbons (Fsp3) is 0.125. The molecule has 0 bridgehead atoms. The summed E-state index contributed by atoms with van der Waals surface area (Å²) in [5.74, 6) is 0.957. The lowest BCUT2D eigenvalue weighted by Crippen LogP contribution is -2.24. The summed E-state index contributed by atoms with van der Waals surface area (Å²) in [4.78, 5) is 26.3. The number of sulfonamides is 1. The highest BCUT2D eigenvalue weighted by molar-refractivity contribution is 7.89. The van der Waals surface area contributed by atoms with Crippen molar-refractivity contribution in [3.05, 3.63) is 53.9 Å². The summed E-state index contributed by atoms with van der Waals surface area (Å²) in [7, 11) is -3.82. The minimum Gasteiger partial charge on any atom is -0.454 e. The first-order valence-electron chi connectivity index (χ1n) is 6.81. The molecule has 0 aliphatic carbocycles. The van der Waals surface area contributed by atoms with Crippen molar-refractivity contribution in [2.24, 2.45) is 0 Å². The molecule has 8 heteroatoms. The molecule has 1 aromatic carbocycles. The van der Waals surface area contributed by atoms with Gasteiger partial charge in [0.2, 0.25) is 15.8 Å². The quantitative estimate of drug-likeness (QED) is 0.441. The SMILES string of the molecule is C#CCNS(=O)(=O)c1cccc(C(=O)OCC(=O)c2ccc[nH]2)c1. The fourth-order valence-electron chi connectivity index (χ4n) is 1.81. The Kier molecular flexibility index (Phi) is 5.52. The van der Waals surface area contributed by atoms with E-state index in [0.29, 0.717) is 5.69 Å². The highest BCUT2D eigenvalue weighted by Gasteiger charge is 2.17. The van der Waals surface area contributed by atoms with E-state index in [1.165, 1.54) is 18.2 Å². The summed E-state index contributed by atoms with van der Waals surface area (Å²) in [6, 6.07) is 8.46. The van der Waals surface area contributed by atoms with Gasteiger partial charge in [0.05, 0.1) is 22.7 Å². The predicted octanol–water partition coefficient (Wildman–Crippen LogP) is 0.966. The minimum atomic E-state index is -3.82. The first-order valence-corrected chi connectivity index (χ1v) is 8.29. The first-order chi connectivity index (χ1) is 11.4. The summed E-state index contributed by atoms with van der Waals surface area (Å²) in [5, 5.41) is 0. The van der Waals surface area contributed by atoms with Crippen molar-refractivity contribution in [1.29, 1.82) is 0 Å². The Hall–Kier alpha value is -2.89. The third kappa shape index (κ3) is 4.32. The number of carbonyl (C=O) groups is 2. The average molecular weight is 346 g/mol. The summed E-state index contributed by atoms with van der Waals surface area (Å²) in [6.45, 7) is -0.618. The van der Waals surface area contributed by atoms with Crippen molar-refractivity contribution < 1.29 is 22.7 Å². The number of nitrogens with one attached hydrogen (secondary N) is 2. The Morgan fingerprint density at radius 2 is 2.04 bits per heavy atom. The molecule has 7 nitrogen and oxygen atoms in total. The van der Waals surface area contributed by atoms with Gasteiger partial charge in [-0.1, -0.05) is 12.0 Å². The number of terminal acetylenes is 1. The van der Waals surface area contributed by atoms with Crippen LogP contribution < -0.4 is 4.72 Å². The molecular formula is C16H14N2O5S. The van der Waals surface area contributed by atoms with Crippen LogP contribution in [0.3, 0.4) is 0 Å². The van der Waals surface area contributed by atoms with Crippen molar-refractivity contribution in [3.63, 3.8) is 0 Å². The summed E-state index contributed by atoms with van der Waals surface area (Å²) in [5.41, 5.74) is 0.329. The van der Waals surface area contributed by atoms with Crippen LogP contribution >= 0.6 is 0 Å². The maximum atomic E-state index is 12.0. The summed E-state index contributed by atoms with van der Waals surface area (Å²) in [6.07, 6.45) is 6.59. The van der Waals surface area contributed by atoms with Crippen LogP contribution in [0.25, 0.3) is 0 Å². The van der Waals surface area contributed by atoms with Gasteiger partial charge in [-0.15, -0.1) is 6.42 Å². The number of ether oxygens (including phenoxy) is 1. The van der Waals surface area contributed by atoms with Crippen LogP contribution in [0.1, 0.15) is 20.8 Å². The second kappa shape index (κ2) is 7.59. The van der Waals surface area contributed by atoms with E-state index in [2.05, 4.69) is 15.6 Å². The molecule has 2 aromatic rings. The van der Waals surface area contributed by atoms with Crippen LogP contribution in [0, 0.1) is 12.3 Å². The third-order valence-corrected chi connectivity index (χ3v) is 4.38. The van der Waals surface area contributed by atoms with Gasteiger partial charge in [0.1, 0.15) is 0 Å². The van der Waals surface area contributed by atoms with Crippen LogP contribution in [0.2, 0.25) is 0 Å². The molecule has 0 radical (unpaired) electrons. The number of Topliss-reactive ketones (excluding diaryl/α,β-unsaturated/α-hetero) is 1. The lowest BCUT2D eigenvalue weighted by atomic mass is 10.2. The third-order valence-electron chi connectivity index (χ3n) is 2.98. The van der Waals surface area contributed by atoms with Crippen molar-refractivity contribution >= 4 is 21.8 Å². The molecule has 124 valence electrons. The molecule has 1 heterocycles. The molecule has 24 heavy (non-hydrogen) atoms. The molecule has 0 saturated heterocycles. The summed E-state index contributed by atoms with van der Waals surface area (Å²) < 4.78 is 31.0. The van der Waals surface area contributed by atoms with Crippen LogP contribution in [0.5, 0.6) is 0 Å². The molecule has 0 amide bonds. The molecular weight excluding hydrogens is 332 g/mol. The van der Waals surface area contributed by atoms with Gasteiger partial charge in [-0.2, -0.15) is 4.72 Å². The molecule has 0 aliphatic heterocycles. The van der Waals surface area contributed by atoms with E-state index in [1.807, 2.05) is 0 Å². The van der Waals surface area contributed by atoms with E-state index < -0.39 is 28.4 Å². The largest absolute Gasteiger partial charge is 0.454 e. The number of benzene rings is 1. The molecule has 2 N–H and O–H groups in total. The predicted molar refractivity (Wildman–Crippen MR) is 85.9 cm³/mol. The maximum absolute atomic E-state index is 12.0. The molecule has 0 fully saturated rings. The molecule has 0 saturated carbocycles. The lowest BCUT2D eigenvalue weighted by molar-refractivity contribution is 0.0473. The number of rotatable bonds is 7. The van der Waals surface area contributed by atoms with Gasteiger partial charge in [-0.25, -0.2) is 13.2 Å². The maximum Gasteiger partial charge on any atom is 0.338 e. The van der Waals surface area contributed by atoms with Gasteiger partial charge >= 0.3 is 5.97 Å². The van der Waals surface area contributed by atoms with Crippen LogP contribution in [-0.2, 0) is 14.8 Å². The molecule has 2 rings (SSSR count). The molecule has 0 aliphatic rings. The second-order valence-corrected chi connectivity index (χ2v) is 6.41. The van der Waals surface area contributed by atoms with Crippen LogP contribution in [-0.4, -0.2) is 38.3 Å². The zero-order valence-electron chi connectivity index (χ0n) is 12.5. The zero-order chi connectivity index (χ0) is 17.6. The number of hydrogen-bond donors (Lipinski definition) is 2. The standard InChI is InChI=1S/C16H14N2O5S/c1-2-8-18-24(21,22)13-6-3-5-12(10-13)16(20)23-11-15(19)14-7-4-9-17-14/h1,3-7,9-10,17-18H,8,11H2. The van der Waals surface area contributed by atoms with E-state index in [1.54, 1.807) is 18.3 Å². The smallest absolute Gasteiger partial charge is 0.338 e. The Labute approximate surface area is 139 Å². The zero-order valence-corrected chi connectivity index (χ0v) is 13.3. The number of H-pyrrole nitrogens is 1. The van der Waals surface area contributed by atoms with Gasteiger partial charge in [0.25, 0.3) is 0 Å². The van der Waals surface area contributed by atoms with Gasteiger partial charge in [-0.3, -0.25) is 4.79 Å². The molecule has 0 spiro atoms. The number of esters is 1. The van der Waals surface area contributed by atoms with Gasteiger partial charge < -0.3 is 9.72 Å². The number of hydrogen-bond acceptors (Lipinski definition) is 5. The highest BCUT2D eigenvalue weighted by atomic mass is 32.2. The van der Waals surface area contributed by atoms with E-state index >= 15 is 0 Å². The number of carbonyl (C=O) groups excluding carboxylic acids is 2. The number of aromatic nitrogens is 1. The van der Waals surface area contributed by atoms with Gasteiger partial charge in [-0.05, 0) is 30.3 Å². The monoisotopic (exact) mass is 346 g/mol. The number of aromatic amines is 1. The summed E-state index contributed by atoms with van der Waals surface area (Å²) >= 11 is 0. The van der Waals surface area contributed by atoms with Gasteiger partial charge in [0, 0.05) is 6.20 Å². The Morgan fingerprint density at radius 3 is 2.71 bits per heavy atom. The number of ketones is 1. The Morgan fingerprint density at radius 1 is 1.25 bits per heavy atom. The minimum absolute atomic E-state index is 0.0119. The average Bonchev–Trinajstić information content (AvgIpc) is 3.12. The van der Waals surface area contributed by atoms with Crippen LogP contribution in [0.15, 0.2) is 47.5 Å². The molecule has 1 aromatic heterocycles. The van der Waals surface area contributed by atoms with Crippen LogP contribution in [0.4, 0.5) is 0 Å². The van der Waals surface area contributed by atoms with Crippen molar-refractivity contribution in [2.75, 3.05) is 13.2 Å². The normalized spacial score (nSPS) is 10.8.